The summed E-state index contributed by atoms with van der Waals surface area (Å²) < 4.78 is 12.5. The van der Waals surface area contributed by atoms with Gasteiger partial charge in [0, 0.05) is 18.9 Å². The highest BCUT2D eigenvalue weighted by Crippen LogP contribution is 2.34. The van der Waals surface area contributed by atoms with Crippen molar-refractivity contribution in [3.63, 3.8) is 0 Å². The Labute approximate surface area is 143 Å². The molecule has 3 heteroatoms. The van der Waals surface area contributed by atoms with Gasteiger partial charge in [-0.3, -0.25) is 0 Å². The van der Waals surface area contributed by atoms with Crippen LogP contribution in [0.3, 0.4) is 0 Å². The van der Waals surface area contributed by atoms with E-state index >= 15 is 0 Å². The first-order valence-corrected chi connectivity index (χ1v) is 8.98. The summed E-state index contributed by atoms with van der Waals surface area (Å²) >= 11 is 0. The van der Waals surface area contributed by atoms with Gasteiger partial charge in [-0.05, 0) is 52.7 Å². The Morgan fingerprint density at radius 2 is 1.22 bits per heavy atom. The summed E-state index contributed by atoms with van der Waals surface area (Å²) in [5.41, 5.74) is 0.244. The molecule has 0 amide bonds. The molecule has 0 atom stereocenters. The van der Waals surface area contributed by atoms with E-state index in [9.17, 15) is 0 Å². The molecule has 0 saturated heterocycles. The second-order valence-electron chi connectivity index (χ2n) is 6.97. The molecule has 0 aliphatic heterocycles. The Morgan fingerprint density at radius 1 is 0.783 bits per heavy atom. The van der Waals surface area contributed by atoms with Crippen molar-refractivity contribution in [1.29, 1.82) is 0 Å². The molecule has 1 aromatic carbocycles. The van der Waals surface area contributed by atoms with Gasteiger partial charge in [-0.25, -0.2) is 0 Å². The lowest BCUT2D eigenvalue weighted by molar-refractivity contribution is -0.0974. The molecule has 0 saturated carbocycles. The first-order chi connectivity index (χ1) is 10.8. The Balaban J connectivity index is 3.01. The SMILES string of the molecule is CCCCOC(C)(C)N(c1ccccc1)C(C)(C)OCCCC. The quantitative estimate of drug-likeness (QED) is 0.391. The molecule has 23 heavy (non-hydrogen) atoms. The Kier molecular flexibility index (Phi) is 8.07. The molecule has 132 valence electrons. The molecular weight excluding hydrogens is 286 g/mol. The van der Waals surface area contributed by atoms with Gasteiger partial charge in [0.2, 0.25) is 0 Å². The van der Waals surface area contributed by atoms with Gasteiger partial charge in [0.1, 0.15) is 11.4 Å². The molecule has 0 bridgehead atoms. The van der Waals surface area contributed by atoms with E-state index in [0.717, 1.165) is 44.6 Å². The first-order valence-electron chi connectivity index (χ1n) is 8.98. The van der Waals surface area contributed by atoms with Crippen LogP contribution < -0.4 is 4.90 Å². The second kappa shape index (κ2) is 9.29. The van der Waals surface area contributed by atoms with Gasteiger partial charge >= 0.3 is 0 Å². The van der Waals surface area contributed by atoms with Crippen LogP contribution in [-0.4, -0.2) is 24.7 Å². The molecule has 0 fully saturated rings. The average molecular weight is 322 g/mol. The third kappa shape index (κ3) is 6.15. The van der Waals surface area contributed by atoms with E-state index in [2.05, 4.69) is 70.7 Å². The van der Waals surface area contributed by atoms with Gasteiger partial charge in [-0.1, -0.05) is 44.9 Å². The predicted molar refractivity (Wildman–Crippen MR) is 98.8 cm³/mol. The lowest BCUT2D eigenvalue weighted by atomic mass is 10.1. The van der Waals surface area contributed by atoms with Crippen molar-refractivity contribution < 1.29 is 9.47 Å². The van der Waals surface area contributed by atoms with Gasteiger partial charge in [-0.2, -0.15) is 0 Å². The molecule has 0 aliphatic rings. The maximum absolute atomic E-state index is 6.23. The van der Waals surface area contributed by atoms with Crippen LogP contribution >= 0.6 is 0 Å². The second-order valence-corrected chi connectivity index (χ2v) is 6.97. The van der Waals surface area contributed by atoms with E-state index in [1.165, 1.54) is 0 Å². The zero-order chi connectivity index (χ0) is 17.3. The molecule has 3 nitrogen and oxygen atoms in total. The highest BCUT2D eigenvalue weighted by molar-refractivity contribution is 5.49. The molecule has 0 N–H and O–H groups in total. The molecule has 0 heterocycles. The minimum atomic E-state index is -0.438. The zero-order valence-electron chi connectivity index (χ0n) is 15.9. The number of benzene rings is 1. The summed E-state index contributed by atoms with van der Waals surface area (Å²) in [6, 6.07) is 10.4. The van der Waals surface area contributed by atoms with Crippen molar-refractivity contribution >= 4 is 5.69 Å². The molecular formula is C20H35NO2. The summed E-state index contributed by atoms with van der Waals surface area (Å²) in [6.45, 7) is 14.4. The van der Waals surface area contributed by atoms with Crippen LogP contribution in [0.5, 0.6) is 0 Å². The maximum atomic E-state index is 6.23. The zero-order valence-corrected chi connectivity index (χ0v) is 15.9. The van der Waals surface area contributed by atoms with E-state index in [-0.39, 0.29) is 0 Å². The summed E-state index contributed by atoms with van der Waals surface area (Å²) in [6.07, 6.45) is 4.42. The van der Waals surface area contributed by atoms with Gasteiger partial charge in [-0.15, -0.1) is 0 Å². The van der Waals surface area contributed by atoms with E-state index in [1.54, 1.807) is 0 Å². The molecule has 0 unspecified atom stereocenters. The summed E-state index contributed by atoms with van der Waals surface area (Å²) in [4.78, 5) is 2.26. The van der Waals surface area contributed by atoms with Crippen LogP contribution in [0.2, 0.25) is 0 Å². The van der Waals surface area contributed by atoms with Gasteiger partial charge in [0.25, 0.3) is 0 Å². The normalized spacial score (nSPS) is 12.4. The number of anilines is 1. The minimum absolute atomic E-state index is 0.438. The lowest BCUT2D eigenvalue weighted by Crippen LogP contribution is -2.58. The topological polar surface area (TPSA) is 21.7 Å². The number of para-hydroxylation sites is 1. The summed E-state index contributed by atoms with van der Waals surface area (Å²) in [5.74, 6) is 0. The maximum Gasteiger partial charge on any atom is 0.137 e. The minimum Gasteiger partial charge on any atom is -0.356 e. The molecule has 1 rings (SSSR count). The van der Waals surface area contributed by atoms with E-state index in [0.29, 0.717) is 0 Å². The third-order valence-electron chi connectivity index (χ3n) is 4.00. The fourth-order valence-corrected chi connectivity index (χ4v) is 2.91. The van der Waals surface area contributed by atoms with Crippen LogP contribution in [0.25, 0.3) is 0 Å². The molecule has 0 radical (unpaired) electrons. The fourth-order valence-electron chi connectivity index (χ4n) is 2.91. The average Bonchev–Trinajstić information content (AvgIpc) is 2.48. The smallest absolute Gasteiger partial charge is 0.137 e. The standard InChI is InChI=1S/C20H35NO2/c1-7-9-16-22-19(3,4)21(18-14-12-11-13-15-18)20(5,6)23-17-10-8-2/h11-15H,7-10,16-17H2,1-6H3. The van der Waals surface area contributed by atoms with Crippen molar-refractivity contribution in [1.82, 2.24) is 0 Å². The van der Waals surface area contributed by atoms with Crippen molar-refractivity contribution in [3.05, 3.63) is 30.3 Å². The van der Waals surface area contributed by atoms with Crippen molar-refractivity contribution in [2.24, 2.45) is 0 Å². The first kappa shape index (κ1) is 20.0. The van der Waals surface area contributed by atoms with Crippen LogP contribution in [0.1, 0.15) is 67.2 Å². The van der Waals surface area contributed by atoms with Crippen molar-refractivity contribution in [2.45, 2.75) is 78.7 Å². The molecule has 1 aromatic rings. The summed E-state index contributed by atoms with van der Waals surface area (Å²) in [7, 11) is 0. The van der Waals surface area contributed by atoms with E-state index in [4.69, 9.17) is 9.47 Å². The third-order valence-corrected chi connectivity index (χ3v) is 4.00. The van der Waals surface area contributed by atoms with Gasteiger partial charge in [0.15, 0.2) is 0 Å². The number of unbranched alkanes of at least 4 members (excludes halogenated alkanes) is 2. The number of ether oxygens (including phenoxy) is 2. The van der Waals surface area contributed by atoms with E-state index in [1.807, 2.05) is 6.07 Å². The highest BCUT2D eigenvalue weighted by Gasteiger charge is 2.39. The number of rotatable bonds is 11. The van der Waals surface area contributed by atoms with Gasteiger partial charge in [0.05, 0.1) is 0 Å². The van der Waals surface area contributed by atoms with Crippen LogP contribution in [0, 0.1) is 0 Å². The predicted octanol–water partition coefficient (Wildman–Crippen LogP) is 5.60. The molecule has 0 spiro atoms. The van der Waals surface area contributed by atoms with E-state index < -0.39 is 11.4 Å². The number of nitrogens with zero attached hydrogens (tertiary/aromatic N) is 1. The number of hydrogen-bond donors (Lipinski definition) is 0. The Morgan fingerprint density at radius 3 is 1.61 bits per heavy atom. The Hall–Kier alpha value is -1.06. The summed E-state index contributed by atoms with van der Waals surface area (Å²) in [5, 5.41) is 0. The van der Waals surface area contributed by atoms with Crippen molar-refractivity contribution in [2.75, 3.05) is 18.1 Å². The highest BCUT2D eigenvalue weighted by atomic mass is 16.5. The molecule has 0 aromatic heterocycles. The number of hydrogen-bond acceptors (Lipinski definition) is 3. The van der Waals surface area contributed by atoms with Gasteiger partial charge < -0.3 is 14.4 Å². The van der Waals surface area contributed by atoms with Crippen LogP contribution in [0.4, 0.5) is 5.69 Å². The van der Waals surface area contributed by atoms with Crippen molar-refractivity contribution in [3.8, 4) is 0 Å². The monoisotopic (exact) mass is 321 g/mol. The van der Waals surface area contributed by atoms with Crippen LogP contribution in [-0.2, 0) is 9.47 Å². The van der Waals surface area contributed by atoms with Crippen LogP contribution in [0.15, 0.2) is 30.3 Å². The fraction of sp³-hybridized carbons (Fsp3) is 0.700. The largest absolute Gasteiger partial charge is 0.356 e. The Bertz CT molecular complexity index is 407. The molecule has 0 aliphatic carbocycles. The lowest BCUT2D eigenvalue weighted by Gasteiger charge is -2.49.